The number of hydrogen-bond donors (Lipinski definition) is 3. The van der Waals surface area contributed by atoms with Crippen LogP contribution >= 0.6 is 0 Å². The summed E-state index contributed by atoms with van der Waals surface area (Å²) in [6, 6.07) is 3.22. The molecule has 2 aromatic carbocycles. The Bertz CT molecular complexity index is 997. The summed E-state index contributed by atoms with van der Waals surface area (Å²) in [6.45, 7) is 7.47. The molecular formula is C23H26O5. The number of methoxy groups -OCH3 is 1. The number of benzene rings is 2. The molecule has 1 aliphatic rings. The van der Waals surface area contributed by atoms with Crippen LogP contribution in [0.1, 0.15) is 46.7 Å². The molecule has 3 N–H and O–H groups in total. The number of aromatic hydroxyl groups is 2. The van der Waals surface area contributed by atoms with E-state index < -0.39 is 5.60 Å². The fraction of sp³-hybridized carbons (Fsp3) is 0.391. The fourth-order valence-corrected chi connectivity index (χ4v) is 3.54. The van der Waals surface area contributed by atoms with Gasteiger partial charge < -0.3 is 24.8 Å². The second kappa shape index (κ2) is 7.29. The van der Waals surface area contributed by atoms with E-state index >= 15 is 0 Å². The van der Waals surface area contributed by atoms with Crippen molar-refractivity contribution >= 4 is 0 Å². The number of aliphatic hydroxyl groups is 1. The lowest BCUT2D eigenvalue weighted by molar-refractivity contribution is 0.122. The average molecular weight is 382 g/mol. The standard InChI is InChI=1S/C23H26O5/c1-13-14(2)22-18(15(3)20(13)25)7-9-23(4,28-22)8-6-17-10-16(12-24)11-19(27-5)21(17)26/h10-11,24-26H,7,9,12H2,1-5H3. The lowest BCUT2D eigenvalue weighted by atomic mass is 9.87. The molecule has 3 rings (SSSR count). The summed E-state index contributed by atoms with van der Waals surface area (Å²) in [5.41, 5.74) is 3.86. The van der Waals surface area contributed by atoms with Gasteiger partial charge in [0.15, 0.2) is 17.1 Å². The molecule has 0 saturated carbocycles. The maximum atomic E-state index is 10.3. The summed E-state index contributed by atoms with van der Waals surface area (Å²) in [7, 11) is 1.46. The highest BCUT2D eigenvalue weighted by molar-refractivity contribution is 5.59. The van der Waals surface area contributed by atoms with Crippen LogP contribution in [0.4, 0.5) is 0 Å². The van der Waals surface area contributed by atoms with E-state index in [-0.39, 0.29) is 18.1 Å². The minimum absolute atomic E-state index is 0.0557. The predicted octanol–water partition coefficient (Wildman–Crippen LogP) is 3.66. The lowest BCUT2D eigenvalue weighted by Crippen LogP contribution is -2.35. The zero-order valence-corrected chi connectivity index (χ0v) is 16.9. The number of hydrogen-bond acceptors (Lipinski definition) is 5. The molecule has 1 unspecified atom stereocenters. The Morgan fingerprint density at radius 2 is 1.82 bits per heavy atom. The van der Waals surface area contributed by atoms with Gasteiger partial charge in [0, 0.05) is 12.0 Å². The summed E-state index contributed by atoms with van der Waals surface area (Å²) in [5.74, 6) is 7.47. The zero-order chi connectivity index (χ0) is 20.6. The van der Waals surface area contributed by atoms with E-state index in [1.165, 1.54) is 7.11 Å². The molecule has 0 spiro atoms. The third-order valence-corrected chi connectivity index (χ3v) is 5.52. The molecule has 1 atom stereocenters. The topological polar surface area (TPSA) is 79.2 Å². The Balaban J connectivity index is 2.01. The van der Waals surface area contributed by atoms with Gasteiger partial charge in [-0.05, 0) is 68.5 Å². The number of fused-ring (bicyclic) bond motifs is 1. The highest BCUT2D eigenvalue weighted by Gasteiger charge is 2.33. The lowest BCUT2D eigenvalue weighted by Gasteiger charge is -2.34. The maximum Gasteiger partial charge on any atom is 0.173 e. The van der Waals surface area contributed by atoms with Crippen LogP contribution in [0.2, 0.25) is 0 Å². The fourth-order valence-electron chi connectivity index (χ4n) is 3.54. The summed E-state index contributed by atoms with van der Waals surface area (Å²) in [5, 5.41) is 30.1. The molecule has 0 fully saturated rings. The molecule has 0 aliphatic carbocycles. The van der Waals surface area contributed by atoms with Gasteiger partial charge in [-0.2, -0.15) is 0 Å². The van der Waals surface area contributed by atoms with Crippen LogP contribution in [0.5, 0.6) is 23.0 Å². The molecule has 5 heteroatoms. The third kappa shape index (κ3) is 3.36. The SMILES string of the molecule is COc1cc(CO)cc(C#CC2(C)CCc3c(C)c(O)c(C)c(C)c3O2)c1O. The number of phenols is 2. The van der Waals surface area contributed by atoms with E-state index in [9.17, 15) is 15.3 Å². The molecule has 0 aromatic heterocycles. The molecule has 1 heterocycles. The highest BCUT2D eigenvalue weighted by atomic mass is 16.5. The largest absolute Gasteiger partial charge is 0.507 e. The second-order valence-corrected chi connectivity index (χ2v) is 7.47. The molecule has 2 aromatic rings. The Morgan fingerprint density at radius 1 is 1.11 bits per heavy atom. The number of phenolic OH excluding ortho intramolecular Hbond substituents is 2. The monoisotopic (exact) mass is 382 g/mol. The van der Waals surface area contributed by atoms with Crippen molar-refractivity contribution in [1.82, 2.24) is 0 Å². The summed E-state index contributed by atoms with van der Waals surface area (Å²) >= 11 is 0. The van der Waals surface area contributed by atoms with E-state index in [4.69, 9.17) is 9.47 Å². The van der Waals surface area contributed by atoms with Gasteiger partial charge in [0.25, 0.3) is 0 Å². The number of aliphatic hydroxyl groups excluding tert-OH is 1. The first-order valence-electron chi connectivity index (χ1n) is 9.25. The van der Waals surface area contributed by atoms with Gasteiger partial charge in [-0.1, -0.05) is 11.8 Å². The smallest absolute Gasteiger partial charge is 0.173 e. The Hall–Kier alpha value is -2.84. The van der Waals surface area contributed by atoms with Crippen molar-refractivity contribution in [2.75, 3.05) is 7.11 Å². The normalized spacial score (nSPS) is 17.9. The van der Waals surface area contributed by atoms with Crippen LogP contribution in [0.15, 0.2) is 12.1 Å². The van der Waals surface area contributed by atoms with Gasteiger partial charge in [0.1, 0.15) is 11.5 Å². The molecule has 0 radical (unpaired) electrons. The van der Waals surface area contributed by atoms with E-state index in [1.807, 2.05) is 27.7 Å². The van der Waals surface area contributed by atoms with Gasteiger partial charge in [-0.3, -0.25) is 0 Å². The number of ether oxygens (including phenoxy) is 2. The van der Waals surface area contributed by atoms with Gasteiger partial charge in [0.05, 0.1) is 19.3 Å². The van der Waals surface area contributed by atoms with Crippen molar-refractivity contribution in [2.24, 2.45) is 0 Å². The zero-order valence-electron chi connectivity index (χ0n) is 16.9. The van der Waals surface area contributed by atoms with Crippen LogP contribution < -0.4 is 9.47 Å². The molecule has 1 aliphatic heterocycles. The van der Waals surface area contributed by atoms with Gasteiger partial charge in [-0.25, -0.2) is 0 Å². The summed E-state index contributed by atoms with van der Waals surface area (Å²) in [6.07, 6.45) is 1.40. The van der Waals surface area contributed by atoms with Crippen molar-refractivity contribution in [3.05, 3.63) is 45.5 Å². The van der Waals surface area contributed by atoms with E-state index in [1.54, 1.807) is 12.1 Å². The number of rotatable bonds is 2. The molecule has 0 amide bonds. The summed E-state index contributed by atoms with van der Waals surface area (Å²) < 4.78 is 11.5. The summed E-state index contributed by atoms with van der Waals surface area (Å²) in [4.78, 5) is 0. The predicted molar refractivity (Wildman–Crippen MR) is 107 cm³/mol. The quantitative estimate of drug-likeness (QED) is 0.691. The second-order valence-electron chi connectivity index (χ2n) is 7.47. The van der Waals surface area contributed by atoms with Crippen LogP contribution in [0, 0.1) is 32.6 Å². The van der Waals surface area contributed by atoms with Gasteiger partial charge in [0.2, 0.25) is 0 Å². The minimum Gasteiger partial charge on any atom is -0.507 e. The molecule has 148 valence electrons. The first-order valence-corrected chi connectivity index (χ1v) is 9.25. The van der Waals surface area contributed by atoms with Crippen molar-refractivity contribution in [3.63, 3.8) is 0 Å². The van der Waals surface area contributed by atoms with E-state index in [0.717, 1.165) is 34.4 Å². The maximum absolute atomic E-state index is 10.3. The molecule has 0 bridgehead atoms. The van der Waals surface area contributed by atoms with Crippen molar-refractivity contribution in [2.45, 2.75) is 52.7 Å². The van der Waals surface area contributed by atoms with Gasteiger partial charge in [-0.15, -0.1) is 0 Å². The Kier molecular flexibility index (Phi) is 5.18. The first kappa shape index (κ1) is 19.9. The molecular weight excluding hydrogens is 356 g/mol. The van der Waals surface area contributed by atoms with Gasteiger partial charge >= 0.3 is 0 Å². The van der Waals surface area contributed by atoms with Crippen LogP contribution in [0.3, 0.4) is 0 Å². The van der Waals surface area contributed by atoms with E-state index in [2.05, 4.69) is 11.8 Å². The molecule has 0 saturated heterocycles. The van der Waals surface area contributed by atoms with Crippen molar-refractivity contribution in [1.29, 1.82) is 0 Å². The third-order valence-electron chi connectivity index (χ3n) is 5.52. The van der Waals surface area contributed by atoms with Crippen molar-refractivity contribution < 1.29 is 24.8 Å². The average Bonchev–Trinajstić information content (AvgIpc) is 2.69. The van der Waals surface area contributed by atoms with Crippen molar-refractivity contribution in [3.8, 4) is 34.8 Å². The van der Waals surface area contributed by atoms with Crippen LogP contribution in [0.25, 0.3) is 0 Å². The van der Waals surface area contributed by atoms with Crippen LogP contribution in [-0.2, 0) is 13.0 Å². The molecule has 5 nitrogen and oxygen atoms in total. The molecule has 28 heavy (non-hydrogen) atoms. The minimum atomic E-state index is -0.734. The van der Waals surface area contributed by atoms with Crippen LogP contribution in [-0.4, -0.2) is 28.0 Å². The highest BCUT2D eigenvalue weighted by Crippen LogP contribution is 2.43. The first-order chi connectivity index (χ1) is 13.2. The van der Waals surface area contributed by atoms with E-state index in [0.29, 0.717) is 23.3 Å². The Labute approximate surface area is 165 Å². The Morgan fingerprint density at radius 3 is 2.46 bits per heavy atom.